The van der Waals surface area contributed by atoms with Crippen LogP contribution < -0.4 is 21.9 Å². The average Bonchev–Trinajstić information content (AvgIpc) is 3.32. The maximum atomic E-state index is 14.0. The van der Waals surface area contributed by atoms with Crippen LogP contribution in [0.25, 0.3) is 22.1 Å². The van der Waals surface area contributed by atoms with Crippen LogP contribution in [0.3, 0.4) is 0 Å². The normalized spacial score (nSPS) is 15.4. The van der Waals surface area contributed by atoms with Gasteiger partial charge in [0.1, 0.15) is 12.9 Å². The Morgan fingerprint density at radius 2 is 2.08 bits per heavy atom. The van der Waals surface area contributed by atoms with Gasteiger partial charge in [-0.2, -0.15) is 4.98 Å². The van der Waals surface area contributed by atoms with Gasteiger partial charge in [-0.25, -0.2) is 14.8 Å². The molecule has 1 aliphatic rings. The van der Waals surface area contributed by atoms with Crippen molar-refractivity contribution >= 4 is 34.0 Å². The van der Waals surface area contributed by atoms with E-state index in [0.29, 0.717) is 30.1 Å². The van der Waals surface area contributed by atoms with E-state index in [-0.39, 0.29) is 43.4 Å². The fraction of sp³-hybridized carbons (Fsp3) is 0.407. The quantitative estimate of drug-likeness (QED) is 0.272. The van der Waals surface area contributed by atoms with Gasteiger partial charge < -0.3 is 15.4 Å². The number of ether oxygens (including phenoxy) is 1. The lowest BCUT2D eigenvalue weighted by Crippen LogP contribution is -2.44. The van der Waals surface area contributed by atoms with E-state index in [1.54, 1.807) is 24.6 Å². The van der Waals surface area contributed by atoms with Gasteiger partial charge in [-0.05, 0) is 38.3 Å². The molecule has 12 nitrogen and oxygen atoms in total. The van der Waals surface area contributed by atoms with Crippen molar-refractivity contribution in [1.82, 2.24) is 28.7 Å². The van der Waals surface area contributed by atoms with Crippen LogP contribution in [-0.2, 0) is 29.2 Å². The Morgan fingerprint density at radius 3 is 2.85 bits per heavy atom. The predicted molar refractivity (Wildman–Crippen MR) is 146 cm³/mol. The van der Waals surface area contributed by atoms with E-state index in [0.717, 1.165) is 22.8 Å². The lowest BCUT2D eigenvalue weighted by Gasteiger charge is -2.31. The van der Waals surface area contributed by atoms with Gasteiger partial charge in [-0.3, -0.25) is 23.3 Å². The van der Waals surface area contributed by atoms with Crippen molar-refractivity contribution in [3.05, 3.63) is 57.1 Å². The van der Waals surface area contributed by atoms with Gasteiger partial charge in [0.25, 0.3) is 5.56 Å². The Balaban J connectivity index is 1.73. The lowest BCUT2D eigenvalue weighted by molar-refractivity contribution is -0.143. The molecule has 1 atom stereocenters. The van der Waals surface area contributed by atoms with Gasteiger partial charge >= 0.3 is 11.7 Å². The number of aromatic nitrogens is 6. The molecule has 12 heteroatoms. The topological polar surface area (TPSA) is 143 Å². The highest BCUT2D eigenvalue weighted by molar-refractivity contribution is 5.79. The van der Waals surface area contributed by atoms with Gasteiger partial charge in [0.05, 0.1) is 25.2 Å². The molecule has 39 heavy (non-hydrogen) atoms. The van der Waals surface area contributed by atoms with Crippen LogP contribution in [0.15, 0.2) is 40.3 Å². The molecule has 4 aromatic rings. The van der Waals surface area contributed by atoms with Crippen LogP contribution in [0.4, 0.5) is 5.95 Å². The number of nitrogens with zero attached hydrogens (tertiary/aromatic N) is 7. The molecule has 0 bridgehead atoms. The summed E-state index contributed by atoms with van der Waals surface area (Å²) in [5, 5.41) is 0.837. The summed E-state index contributed by atoms with van der Waals surface area (Å²) in [6.45, 7) is 4.60. The molecule has 202 valence electrons. The average molecular weight is 531 g/mol. The molecular weight excluding hydrogens is 500 g/mol. The molecule has 3 aromatic heterocycles. The number of anilines is 1. The molecule has 1 aromatic carbocycles. The standard InChI is InChI=1S/C27H30N8O4/c1-3-5-11-33-23-24(31-26(33)32-10-6-7-20(28)15-32)34(16-22(36)39-4-2)27(38)35(25(23)37)14-18-8-9-19-13-29-17-30-21(19)12-18/h8-9,12-13,17,20H,4,6-7,10-11,14-16,28H2,1-2H3. The highest BCUT2D eigenvalue weighted by Gasteiger charge is 2.27. The zero-order valence-electron chi connectivity index (χ0n) is 22.0. The van der Waals surface area contributed by atoms with Gasteiger partial charge in [-0.1, -0.05) is 18.1 Å². The molecule has 1 unspecified atom stereocenters. The smallest absolute Gasteiger partial charge is 0.333 e. The van der Waals surface area contributed by atoms with Crippen molar-refractivity contribution in [3.63, 3.8) is 0 Å². The second kappa shape index (κ2) is 11.1. The van der Waals surface area contributed by atoms with E-state index in [1.807, 2.05) is 23.1 Å². The molecule has 1 fully saturated rings. The van der Waals surface area contributed by atoms with Gasteiger partial charge in [0.15, 0.2) is 11.2 Å². The molecule has 0 radical (unpaired) electrons. The first-order valence-corrected chi connectivity index (χ1v) is 12.9. The Kier molecular flexibility index (Phi) is 7.42. The second-order valence-corrected chi connectivity index (χ2v) is 9.43. The number of piperidine rings is 1. The molecule has 2 N–H and O–H groups in total. The maximum Gasteiger partial charge on any atom is 0.333 e. The summed E-state index contributed by atoms with van der Waals surface area (Å²) in [4.78, 5) is 55.3. The third-order valence-corrected chi connectivity index (χ3v) is 6.75. The fourth-order valence-corrected chi connectivity index (χ4v) is 4.94. The zero-order chi connectivity index (χ0) is 27.5. The Hall–Kier alpha value is -4.50. The largest absolute Gasteiger partial charge is 0.465 e. The van der Waals surface area contributed by atoms with E-state index in [9.17, 15) is 14.4 Å². The van der Waals surface area contributed by atoms with Crippen molar-refractivity contribution in [2.75, 3.05) is 24.6 Å². The number of benzene rings is 1. The highest BCUT2D eigenvalue weighted by Crippen LogP contribution is 2.23. The van der Waals surface area contributed by atoms with Crippen molar-refractivity contribution in [3.8, 4) is 11.8 Å². The summed E-state index contributed by atoms with van der Waals surface area (Å²) in [7, 11) is 0. The molecule has 1 saturated heterocycles. The summed E-state index contributed by atoms with van der Waals surface area (Å²) in [5.41, 5.74) is 6.77. The van der Waals surface area contributed by atoms with E-state index in [4.69, 9.17) is 15.5 Å². The molecule has 0 spiro atoms. The third kappa shape index (κ3) is 5.13. The minimum atomic E-state index is -0.656. The summed E-state index contributed by atoms with van der Waals surface area (Å²) in [5.74, 6) is 5.79. The third-order valence-electron chi connectivity index (χ3n) is 6.75. The fourth-order valence-electron chi connectivity index (χ4n) is 4.94. The van der Waals surface area contributed by atoms with Crippen LogP contribution in [0.1, 0.15) is 32.3 Å². The predicted octanol–water partition coefficient (Wildman–Crippen LogP) is 0.865. The molecular formula is C27H30N8O4. The van der Waals surface area contributed by atoms with Crippen LogP contribution in [0.2, 0.25) is 0 Å². The number of nitrogens with two attached hydrogens (primary N) is 1. The number of carbonyl (C=O) groups is 1. The van der Waals surface area contributed by atoms with Crippen molar-refractivity contribution < 1.29 is 9.53 Å². The summed E-state index contributed by atoms with van der Waals surface area (Å²) in [6.07, 6.45) is 4.90. The number of hydrogen-bond acceptors (Lipinski definition) is 9. The first-order valence-electron chi connectivity index (χ1n) is 12.9. The lowest BCUT2D eigenvalue weighted by atomic mass is 10.1. The molecule has 0 aliphatic carbocycles. The van der Waals surface area contributed by atoms with E-state index in [1.165, 1.54) is 10.9 Å². The molecule has 4 heterocycles. The number of fused-ring (bicyclic) bond motifs is 2. The van der Waals surface area contributed by atoms with E-state index < -0.39 is 17.2 Å². The zero-order valence-corrected chi connectivity index (χ0v) is 22.0. The van der Waals surface area contributed by atoms with Crippen molar-refractivity contribution in [2.45, 2.75) is 52.4 Å². The van der Waals surface area contributed by atoms with Crippen LogP contribution >= 0.6 is 0 Å². The van der Waals surface area contributed by atoms with Gasteiger partial charge in [0, 0.05) is 30.7 Å². The van der Waals surface area contributed by atoms with Crippen LogP contribution in [-0.4, -0.2) is 60.4 Å². The monoisotopic (exact) mass is 530 g/mol. The van der Waals surface area contributed by atoms with Crippen LogP contribution in [0, 0.1) is 11.8 Å². The number of esters is 1. The van der Waals surface area contributed by atoms with Gasteiger partial charge in [0.2, 0.25) is 5.95 Å². The molecule has 1 aliphatic heterocycles. The Labute approximate surface area is 224 Å². The van der Waals surface area contributed by atoms with Crippen LogP contribution in [0.5, 0.6) is 0 Å². The Morgan fingerprint density at radius 1 is 1.23 bits per heavy atom. The van der Waals surface area contributed by atoms with E-state index in [2.05, 4.69) is 21.8 Å². The number of hydrogen-bond donors (Lipinski definition) is 1. The SMILES string of the molecule is CC#CCn1c(N2CCCC(N)C2)nc2c1c(=O)n(Cc1ccc3cncnc3c1)c(=O)n2CC(=O)OCC. The van der Waals surface area contributed by atoms with Crippen molar-refractivity contribution in [1.29, 1.82) is 0 Å². The molecule has 5 rings (SSSR count). The first kappa shape index (κ1) is 26.1. The second-order valence-electron chi connectivity index (χ2n) is 9.43. The first-order chi connectivity index (χ1) is 18.9. The summed E-state index contributed by atoms with van der Waals surface area (Å²) >= 11 is 0. The number of imidazole rings is 1. The Bertz CT molecular complexity index is 1730. The minimum absolute atomic E-state index is 0.0229. The molecule has 0 saturated carbocycles. The van der Waals surface area contributed by atoms with E-state index >= 15 is 0 Å². The summed E-state index contributed by atoms with van der Waals surface area (Å²) < 4.78 is 9.18. The minimum Gasteiger partial charge on any atom is -0.465 e. The van der Waals surface area contributed by atoms with Gasteiger partial charge in [-0.15, -0.1) is 5.92 Å². The highest BCUT2D eigenvalue weighted by atomic mass is 16.5. The number of carbonyl (C=O) groups excluding carboxylic acids is 1. The molecule has 0 amide bonds. The maximum absolute atomic E-state index is 14.0. The van der Waals surface area contributed by atoms with Crippen molar-refractivity contribution in [2.24, 2.45) is 5.73 Å². The number of rotatable bonds is 7. The summed E-state index contributed by atoms with van der Waals surface area (Å²) in [6, 6.07) is 5.42.